The average molecular weight is 390 g/mol. The van der Waals surface area contributed by atoms with E-state index in [4.69, 9.17) is 11.6 Å². The lowest BCUT2D eigenvalue weighted by atomic mass is 9.76. The van der Waals surface area contributed by atoms with Crippen LogP contribution in [0, 0.1) is 17.8 Å². The van der Waals surface area contributed by atoms with Crippen molar-refractivity contribution in [1.29, 1.82) is 0 Å². The van der Waals surface area contributed by atoms with E-state index in [9.17, 15) is 14.4 Å². The van der Waals surface area contributed by atoms with E-state index < -0.39 is 17.4 Å². The van der Waals surface area contributed by atoms with E-state index in [1.807, 2.05) is 27.7 Å². The molecule has 3 amide bonds. The lowest BCUT2D eigenvalue weighted by molar-refractivity contribution is -0.145. The number of likely N-dealkylation sites (tertiary alicyclic amines) is 1. The van der Waals surface area contributed by atoms with Gasteiger partial charge in [0.25, 0.3) is 0 Å². The van der Waals surface area contributed by atoms with E-state index >= 15 is 0 Å². The van der Waals surface area contributed by atoms with Gasteiger partial charge in [-0.25, -0.2) is 0 Å². The van der Waals surface area contributed by atoms with Crippen LogP contribution in [0.1, 0.15) is 39.7 Å². The minimum atomic E-state index is -1.26. The molecule has 0 bridgehead atoms. The summed E-state index contributed by atoms with van der Waals surface area (Å²) in [4.78, 5) is 41.2. The quantitative estimate of drug-likeness (QED) is 0.778. The Morgan fingerprint density at radius 1 is 1.19 bits per heavy atom. The molecule has 7 heteroatoms. The van der Waals surface area contributed by atoms with Gasteiger partial charge in [-0.3, -0.25) is 24.6 Å². The molecule has 1 aromatic carbocycles. The van der Waals surface area contributed by atoms with Crippen LogP contribution in [0.25, 0.3) is 0 Å². The number of nitrogens with zero attached hydrogens (tertiary/aromatic N) is 1. The molecule has 2 N–H and O–H groups in total. The number of nitrogens with one attached hydrogen (secondary N) is 2. The average Bonchev–Trinajstić information content (AvgIpc) is 3.20. The highest BCUT2D eigenvalue weighted by atomic mass is 35.5. The highest BCUT2D eigenvalue weighted by molar-refractivity contribution is 6.31. The van der Waals surface area contributed by atoms with Crippen molar-refractivity contribution in [2.24, 2.45) is 17.8 Å². The third-order valence-corrected chi connectivity index (χ3v) is 6.63. The predicted octanol–water partition coefficient (Wildman–Crippen LogP) is 2.51. The van der Waals surface area contributed by atoms with Crippen LogP contribution in [-0.4, -0.2) is 34.7 Å². The molecule has 1 aromatic rings. The number of rotatable bonds is 3. The van der Waals surface area contributed by atoms with Gasteiger partial charge in [0.1, 0.15) is 5.54 Å². The highest BCUT2D eigenvalue weighted by Gasteiger charge is 2.71. The fraction of sp³-hybridized carbons (Fsp3) is 0.550. The fourth-order valence-corrected chi connectivity index (χ4v) is 5.09. The van der Waals surface area contributed by atoms with Crippen LogP contribution in [0.2, 0.25) is 5.02 Å². The van der Waals surface area contributed by atoms with Crippen LogP contribution in [0.4, 0.5) is 5.69 Å². The summed E-state index contributed by atoms with van der Waals surface area (Å²) < 4.78 is 0. The van der Waals surface area contributed by atoms with Gasteiger partial charge in [0, 0.05) is 28.4 Å². The largest absolute Gasteiger partial charge is 0.324 e. The first-order valence-electron chi connectivity index (χ1n) is 9.50. The van der Waals surface area contributed by atoms with Gasteiger partial charge in [0.15, 0.2) is 0 Å². The molecule has 0 saturated carbocycles. The van der Waals surface area contributed by atoms with Crippen molar-refractivity contribution < 1.29 is 14.4 Å². The number of imide groups is 1. The first kappa shape index (κ1) is 18.4. The second-order valence-corrected chi connectivity index (χ2v) is 8.61. The van der Waals surface area contributed by atoms with Gasteiger partial charge in [0.05, 0.1) is 11.8 Å². The molecule has 2 saturated heterocycles. The van der Waals surface area contributed by atoms with Crippen LogP contribution < -0.4 is 10.6 Å². The second kappa shape index (κ2) is 6.04. The number of amides is 3. The van der Waals surface area contributed by atoms with E-state index in [0.29, 0.717) is 22.7 Å². The molecular formula is C20H24ClN3O3. The van der Waals surface area contributed by atoms with Crippen molar-refractivity contribution in [2.45, 2.75) is 51.7 Å². The summed E-state index contributed by atoms with van der Waals surface area (Å²) in [6.07, 6.45) is 0.679. The van der Waals surface area contributed by atoms with Crippen LogP contribution in [-0.2, 0) is 19.9 Å². The number of benzene rings is 1. The molecule has 144 valence electrons. The number of fused-ring (bicyclic) bond motifs is 4. The van der Waals surface area contributed by atoms with E-state index in [1.54, 1.807) is 18.2 Å². The number of hydrogen-bond donors (Lipinski definition) is 2. The van der Waals surface area contributed by atoms with Crippen LogP contribution in [0.3, 0.4) is 0 Å². The number of anilines is 1. The van der Waals surface area contributed by atoms with Crippen LogP contribution in [0.5, 0.6) is 0 Å². The summed E-state index contributed by atoms with van der Waals surface area (Å²) in [6, 6.07) is 4.72. The topological polar surface area (TPSA) is 78.5 Å². The first-order chi connectivity index (χ1) is 12.7. The maximum absolute atomic E-state index is 13.4. The summed E-state index contributed by atoms with van der Waals surface area (Å²) in [5.41, 5.74) is 0.0435. The minimum absolute atomic E-state index is 0.0848. The Bertz CT molecular complexity index is 855. The van der Waals surface area contributed by atoms with E-state index in [-0.39, 0.29) is 35.7 Å². The van der Waals surface area contributed by atoms with Gasteiger partial charge in [-0.05, 0) is 37.5 Å². The van der Waals surface area contributed by atoms with Gasteiger partial charge in [0.2, 0.25) is 17.7 Å². The fourth-order valence-electron chi connectivity index (χ4n) is 4.92. The molecule has 1 spiro atoms. The Kier molecular flexibility index (Phi) is 4.13. The summed E-state index contributed by atoms with van der Waals surface area (Å²) in [7, 11) is 0. The molecule has 27 heavy (non-hydrogen) atoms. The number of carbonyl (C=O) groups is 3. The molecule has 2 fully saturated rings. The van der Waals surface area contributed by atoms with Gasteiger partial charge >= 0.3 is 0 Å². The molecule has 0 aromatic heterocycles. The van der Waals surface area contributed by atoms with E-state index in [1.165, 1.54) is 4.90 Å². The lowest BCUT2D eigenvalue weighted by Crippen LogP contribution is -2.54. The molecule has 6 nitrogen and oxygen atoms in total. The van der Waals surface area contributed by atoms with E-state index in [0.717, 1.165) is 0 Å². The molecular weight excluding hydrogens is 366 g/mol. The molecule has 3 aliphatic rings. The van der Waals surface area contributed by atoms with Crippen LogP contribution in [0.15, 0.2) is 18.2 Å². The maximum atomic E-state index is 13.4. The molecule has 5 unspecified atom stereocenters. The zero-order valence-electron chi connectivity index (χ0n) is 15.9. The normalized spacial score (nSPS) is 33.0. The lowest BCUT2D eigenvalue weighted by Gasteiger charge is -2.31. The highest BCUT2D eigenvalue weighted by Crippen LogP contribution is 2.54. The van der Waals surface area contributed by atoms with Gasteiger partial charge in [-0.2, -0.15) is 0 Å². The zero-order valence-corrected chi connectivity index (χ0v) is 16.6. The summed E-state index contributed by atoms with van der Waals surface area (Å²) in [5.74, 6) is -1.96. The number of halogens is 1. The zero-order chi connectivity index (χ0) is 19.7. The monoisotopic (exact) mass is 389 g/mol. The van der Waals surface area contributed by atoms with Crippen molar-refractivity contribution in [3.05, 3.63) is 28.8 Å². The Labute approximate surface area is 163 Å². The third-order valence-electron chi connectivity index (χ3n) is 6.40. The maximum Gasteiger partial charge on any atom is 0.250 e. The molecule has 0 aliphatic carbocycles. The Morgan fingerprint density at radius 3 is 2.52 bits per heavy atom. The molecule has 3 aliphatic heterocycles. The Hall–Kier alpha value is -1.92. The second-order valence-electron chi connectivity index (χ2n) is 8.17. The van der Waals surface area contributed by atoms with Gasteiger partial charge in [-0.15, -0.1) is 0 Å². The molecule has 3 heterocycles. The Balaban J connectivity index is 1.92. The Morgan fingerprint density at radius 2 is 1.89 bits per heavy atom. The smallest absolute Gasteiger partial charge is 0.250 e. The van der Waals surface area contributed by atoms with Gasteiger partial charge in [-0.1, -0.05) is 32.4 Å². The third kappa shape index (κ3) is 2.26. The van der Waals surface area contributed by atoms with Gasteiger partial charge < -0.3 is 5.32 Å². The van der Waals surface area contributed by atoms with Crippen molar-refractivity contribution in [2.75, 3.05) is 5.32 Å². The minimum Gasteiger partial charge on any atom is -0.324 e. The SMILES string of the molecule is CCC(C)N1C(=O)C2C(C(C)C)NC3(C(=O)Nc4ccc(Cl)cc43)C2C1=O. The van der Waals surface area contributed by atoms with E-state index in [2.05, 4.69) is 10.6 Å². The molecule has 5 atom stereocenters. The van der Waals surface area contributed by atoms with Crippen molar-refractivity contribution in [3.8, 4) is 0 Å². The number of hydrogen-bond acceptors (Lipinski definition) is 4. The molecule has 4 rings (SSSR count). The van der Waals surface area contributed by atoms with Crippen LogP contribution >= 0.6 is 11.6 Å². The summed E-state index contributed by atoms with van der Waals surface area (Å²) in [6.45, 7) is 7.83. The first-order valence-corrected chi connectivity index (χ1v) is 9.87. The molecule has 0 radical (unpaired) electrons. The predicted molar refractivity (Wildman–Crippen MR) is 102 cm³/mol. The number of carbonyl (C=O) groups excluding carboxylic acids is 3. The van der Waals surface area contributed by atoms with Crippen molar-refractivity contribution in [3.63, 3.8) is 0 Å². The summed E-state index contributed by atoms with van der Waals surface area (Å²) in [5, 5.41) is 6.77. The standard InChI is InChI=1S/C20H24ClN3O3/c1-5-10(4)24-17(25)14-15(18(24)26)20(23-16(14)9(2)3)12-8-11(21)6-7-13(12)22-19(20)27/h6-10,14-16,23H,5H2,1-4H3,(H,22,27). The van der Waals surface area contributed by atoms with Crippen molar-refractivity contribution in [1.82, 2.24) is 10.2 Å². The van der Waals surface area contributed by atoms with Crippen molar-refractivity contribution >= 4 is 35.0 Å². The summed E-state index contributed by atoms with van der Waals surface area (Å²) >= 11 is 6.21.